The third kappa shape index (κ3) is 5.83. The predicted molar refractivity (Wildman–Crippen MR) is 138 cm³/mol. The zero-order chi connectivity index (χ0) is 25.6. The smallest absolute Gasteiger partial charge is 0.269 e. The number of nitro benzene ring substituents is 1. The molecular weight excluding hydrogens is 463 g/mol. The summed E-state index contributed by atoms with van der Waals surface area (Å²) in [5.74, 6) is -0.812. The molecule has 0 unspecified atom stereocenters. The summed E-state index contributed by atoms with van der Waals surface area (Å²) in [6.07, 6.45) is 0.109. The molecule has 0 aliphatic rings. The van der Waals surface area contributed by atoms with Crippen molar-refractivity contribution in [3.05, 3.63) is 100 Å². The van der Waals surface area contributed by atoms with Crippen molar-refractivity contribution in [1.82, 2.24) is 4.90 Å². The number of hydrogen-bond donors (Lipinski definition) is 0. The molecule has 0 saturated heterocycles. The number of non-ortho nitro benzene ring substituents is 1. The van der Waals surface area contributed by atoms with Gasteiger partial charge in [0.2, 0.25) is 5.91 Å². The largest absolute Gasteiger partial charge is 0.407 e. The van der Waals surface area contributed by atoms with Gasteiger partial charge in [-0.3, -0.25) is 14.9 Å². The Labute approximate surface area is 206 Å². The Balaban J connectivity index is 1.79. The first-order valence-corrected chi connectivity index (χ1v) is 13.4. The minimum atomic E-state index is -2.76. The van der Waals surface area contributed by atoms with E-state index in [1.54, 1.807) is 7.05 Å². The van der Waals surface area contributed by atoms with Crippen LogP contribution >= 0.6 is 0 Å². The minimum absolute atomic E-state index is 0.0639. The number of rotatable bonds is 9. The van der Waals surface area contributed by atoms with Gasteiger partial charge in [-0.05, 0) is 21.5 Å². The first-order valence-electron chi connectivity index (χ1n) is 11.5. The van der Waals surface area contributed by atoms with Crippen LogP contribution in [0.25, 0.3) is 0 Å². The molecular formula is C27H31FN2O4Si. The van der Waals surface area contributed by atoms with Crippen molar-refractivity contribution >= 4 is 30.3 Å². The summed E-state index contributed by atoms with van der Waals surface area (Å²) in [6.45, 7) is 6.63. The van der Waals surface area contributed by atoms with Crippen molar-refractivity contribution < 1.29 is 18.5 Å². The molecule has 35 heavy (non-hydrogen) atoms. The first kappa shape index (κ1) is 26.2. The predicted octanol–water partition coefficient (Wildman–Crippen LogP) is 4.66. The van der Waals surface area contributed by atoms with Crippen LogP contribution in [0.5, 0.6) is 0 Å². The Morgan fingerprint density at radius 2 is 1.54 bits per heavy atom. The summed E-state index contributed by atoms with van der Waals surface area (Å²) >= 11 is 0. The van der Waals surface area contributed by atoms with Crippen molar-refractivity contribution in [2.45, 2.75) is 38.8 Å². The van der Waals surface area contributed by atoms with E-state index in [0.29, 0.717) is 0 Å². The number of nitro groups is 1. The van der Waals surface area contributed by atoms with E-state index in [0.717, 1.165) is 28.6 Å². The first-order chi connectivity index (χ1) is 16.6. The van der Waals surface area contributed by atoms with Gasteiger partial charge in [0.15, 0.2) is 0 Å². The van der Waals surface area contributed by atoms with Gasteiger partial charge >= 0.3 is 0 Å². The monoisotopic (exact) mass is 494 g/mol. The van der Waals surface area contributed by atoms with E-state index in [-0.39, 0.29) is 41.8 Å². The van der Waals surface area contributed by atoms with E-state index in [1.165, 1.54) is 4.90 Å². The third-order valence-electron chi connectivity index (χ3n) is 6.12. The van der Waals surface area contributed by atoms with Gasteiger partial charge in [-0.1, -0.05) is 81.4 Å². The molecule has 3 aromatic rings. The zero-order valence-corrected chi connectivity index (χ0v) is 21.5. The third-order valence-corrected chi connectivity index (χ3v) is 11.2. The summed E-state index contributed by atoms with van der Waals surface area (Å²) in [5.41, 5.74) is -0.111. The molecule has 0 aromatic heterocycles. The molecule has 0 saturated carbocycles. The molecule has 0 atom stereocenters. The van der Waals surface area contributed by atoms with Gasteiger partial charge in [-0.2, -0.15) is 0 Å². The SMILES string of the molecule is CN(Cc1cc([N+](=O)[O-])ccc1F)C(=O)CCO[Si](c1ccccc1)(c1ccccc1)C(C)(C)C. The second-order valence-electron chi connectivity index (χ2n) is 9.54. The standard InChI is InChI=1S/C27H31FN2O4Si/c1-27(2,3)35(23-11-7-5-8-12-23,24-13-9-6-10-14-24)34-18-17-26(31)29(4)20-21-19-22(30(32)33)15-16-25(21)28/h5-16,19H,17-18,20H2,1-4H3. The fourth-order valence-corrected chi connectivity index (χ4v) is 8.95. The van der Waals surface area contributed by atoms with E-state index in [2.05, 4.69) is 45.0 Å². The molecule has 1 amide bonds. The highest BCUT2D eigenvalue weighted by Crippen LogP contribution is 2.36. The van der Waals surface area contributed by atoms with Crippen molar-refractivity contribution in [3.63, 3.8) is 0 Å². The number of carbonyl (C=O) groups is 1. The van der Waals surface area contributed by atoms with Crippen LogP contribution in [0, 0.1) is 15.9 Å². The number of amides is 1. The van der Waals surface area contributed by atoms with Crippen molar-refractivity contribution in [2.24, 2.45) is 0 Å². The lowest BCUT2D eigenvalue weighted by Crippen LogP contribution is -2.66. The average Bonchev–Trinajstić information content (AvgIpc) is 2.83. The molecule has 8 heteroatoms. The normalized spacial score (nSPS) is 11.8. The Morgan fingerprint density at radius 1 is 1.00 bits per heavy atom. The molecule has 0 N–H and O–H groups in total. The lowest BCUT2D eigenvalue weighted by molar-refractivity contribution is -0.385. The number of nitrogens with zero attached hydrogens (tertiary/aromatic N) is 2. The second kappa shape index (κ2) is 10.9. The number of carbonyl (C=O) groups excluding carboxylic acids is 1. The van der Waals surface area contributed by atoms with Crippen LogP contribution in [-0.4, -0.2) is 37.7 Å². The van der Waals surface area contributed by atoms with Crippen LogP contribution in [-0.2, 0) is 15.8 Å². The van der Waals surface area contributed by atoms with Gasteiger partial charge in [0.1, 0.15) is 5.82 Å². The van der Waals surface area contributed by atoms with Crippen LogP contribution in [0.3, 0.4) is 0 Å². The average molecular weight is 495 g/mol. The van der Waals surface area contributed by atoms with Gasteiger partial charge in [0.05, 0.1) is 4.92 Å². The fourth-order valence-electron chi connectivity index (χ4n) is 4.38. The highest BCUT2D eigenvalue weighted by atomic mass is 28.4. The topological polar surface area (TPSA) is 72.7 Å². The maximum atomic E-state index is 14.2. The lowest BCUT2D eigenvalue weighted by Gasteiger charge is -2.43. The Morgan fingerprint density at radius 3 is 2.03 bits per heavy atom. The van der Waals surface area contributed by atoms with E-state index in [9.17, 15) is 19.3 Å². The number of benzene rings is 3. The maximum Gasteiger partial charge on any atom is 0.269 e. The molecule has 184 valence electrons. The van der Waals surface area contributed by atoms with E-state index in [1.807, 2.05) is 36.4 Å². The van der Waals surface area contributed by atoms with E-state index in [4.69, 9.17) is 4.43 Å². The van der Waals surface area contributed by atoms with Gasteiger partial charge in [-0.15, -0.1) is 0 Å². The van der Waals surface area contributed by atoms with Gasteiger partial charge in [0.25, 0.3) is 14.0 Å². The summed E-state index contributed by atoms with van der Waals surface area (Å²) in [5, 5.41) is 13.1. The maximum absolute atomic E-state index is 14.2. The Hall–Kier alpha value is -3.36. The van der Waals surface area contributed by atoms with Crippen molar-refractivity contribution in [1.29, 1.82) is 0 Å². The Bertz CT molecular complexity index is 1130. The minimum Gasteiger partial charge on any atom is -0.407 e. The van der Waals surface area contributed by atoms with Crippen molar-refractivity contribution in [2.75, 3.05) is 13.7 Å². The molecule has 6 nitrogen and oxygen atoms in total. The molecule has 0 radical (unpaired) electrons. The quantitative estimate of drug-likeness (QED) is 0.246. The molecule has 3 rings (SSSR count). The summed E-state index contributed by atoms with van der Waals surface area (Å²) in [7, 11) is -1.20. The molecule has 0 aliphatic carbocycles. The number of halogens is 1. The van der Waals surface area contributed by atoms with Gasteiger partial charge in [-0.25, -0.2) is 4.39 Å². The van der Waals surface area contributed by atoms with Gasteiger partial charge in [0, 0.05) is 44.3 Å². The fraction of sp³-hybridized carbons (Fsp3) is 0.296. The highest BCUT2D eigenvalue weighted by molar-refractivity contribution is 6.99. The molecule has 3 aromatic carbocycles. The molecule has 0 heterocycles. The van der Waals surface area contributed by atoms with Crippen LogP contribution in [0.2, 0.25) is 5.04 Å². The summed E-state index contributed by atoms with van der Waals surface area (Å²) < 4.78 is 20.9. The van der Waals surface area contributed by atoms with E-state index < -0.39 is 19.1 Å². The van der Waals surface area contributed by atoms with Crippen LogP contribution in [0.4, 0.5) is 10.1 Å². The van der Waals surface area contributed by atoms with E-state index >= 15 is 0 Å². The van der Waals surface area contributed by atoms with Gasteiger partial charge < -0.3 is 9.33 Å². The molecule has 0 spiro atoms. The van der Waals surface area contributed by atoms with Crippen molar-refractivity contribution in [3.8, 4) is 0 Å². The van der Waals surface area contributed by atoms with Crippen LogP contribution in [0.1, 0.15) is 32.8 Å². The highest BCUT2D eigenvalue weighted by Gasteiger charge is 2.50. The lowest BCUT2D eigenvalue weighted by atomic mass is 10.1. The zero-order valence-electron chi connectivity index (χ0n) is 20.5. The molecule has 0 fully saturated rings. The van der Waals surface area contributed by atoms with Crippen LogP contribution < -0.4 is 10.4 Å². The summed E-state index contributed by atoms with van der Waals surface area (Å²) in [4.78, 5) is 24.7. The Kier molecular flexibility index (Phi) is 8.19. The molecule has 0 bridgehead atoms. The number of hydrogen-bond acceptors (Lipinski definition) is 4. The second-order valence-corrected chi connectivity index (χ2v) is 13.9. The summed E-state index contributed by atoms with van der Waals surface area (Å²) in [6, 6.07) is 23.6. The molecule has 0 aliphatic heterocycles. The van der Waals surface area contributed by atoms with Crippen LogP contribution in [0.15, 0.2) is 78.9 Å².